The summed E-state index contributed by atoms with van der Waals surface area (Å²) >= 11 is 0. The molecule has 1 aromatic heterocycles. The fraction of sp³-hybridized carbons (Fsp3) is 0.158. The number of imidazole rings is 1. The zero-order valence-corrected chi connectivity index (χ0v) is 15.2. The van der Waals surface area contributed by atoms with Crippen molar-refractivity contribution >= 4 is 23.2 Å². The van der Waals surface area contributed by atoms with Gasteiger partial charge in [-0.1, -0.05) is 12.1 Å². The van der Waals surface area contributed by atoms with E-state index in [0.29, 0.717) is 17.1 Å². The molecule has 1 atom stereocenters. The predicted octanol–water partition coefficient (Wildman–Crippen LogP) is 3.89. The molecular formula is C19H18FN5O3. The van der Waals surface area contributed by atoms with E-state index in [1.165, 1.54) is 30.6 Å². The van der Waals surface area contributed by atoms with Crippen molar-refractivity contribution in [3.63, 3.8) is 0 Å². The number of halogens is 1. The summed E-state index contributed by atoms with van der Waals surface area (Å²) in [5, 5.41) is 16.9. The summed E-state index contributed by atoms with van der Waals surface area (Å²) in [7, 11) is 1.67. The van der Waals surface area contributed by atoms with Gasteiger partial charge in [-0.2, -0.15) is 0 Å². The van der Waals surface area contributed by atoms with Crippen molar-refractivity contribution in [2.24, 2.45) is 7.05 Å². The van der Waals surface area contributed by atoms with Crippen LogP contribution in [0.15, 0.2) is 54.9 Å². The van der Waals surface area contributed by atoms with E-state index < -0.39 is 10.7 Å². The van der Waals surface area contributed by atoms with Gasteiger partial charge in [0.2, 0.25) is 12.1 Å². The van der Waals surface area contributed by atoms with Crippen molar-refractivity contribution in [2.45, 2.75) is 13.0 Å². The highest BCUT2D eigenvalue weighted by molar-refractivity contribution is 6.04. The van der Waals surface area contributed by atoms with Gasteiger partial charge >= 0.3 is 5.82 Å². The molecule has 3 aromatic rings. The molecule has 1 heterocycles. The molecule has 2 aromatic carbocycles. The van der Waals surface area contributed by atoms with E-state index in [4.69, 9.17) is 0 Å². The Morgan fingerprint density at radius 1 is 1.18 bits per heavy atom. The van der Waals surface area contributed by atoms with Crippen LogP contribution < -0.4 is 10.6 Å². The molecule has 2 N–H and O–H groups in total. The number of hydrogen-bond acceptors (Lipinski definition) is 5. The summed E-state index contributed by atoms with van der Waals surface area (Å²) in [4.78, 5) is 26.5. The van der Waals surface area contributed by atoms with Crippen LogP contribution >= 0.6 is 0 Å². The molecule has 0 bridgehead atoms. The average Bonchev–Trinajstić information content (AvgIpc) is 3.03. The zero-order chi connectivity index (χ0) is 20.3. The van der Waals surface area contributed by atoms with E-state index in [9.17, 15) is 19.3 Å². The lowest BCUT2D eigenvalue weighted by atomic mass is 10.1. The van der Waals surface area contributed by atoms with Gasteiger partial charge in [0, 0.05) is 18.3 Å². The van der Waals surface area contributed by atoms with E-state index in [-0.39, 0.29) is 17.8 Å². The van der Waals surface area contributed by atoms with Gasteiger partial charge in [0.05, 0.1) is 6.04 Å². The molecular weight excluding hydrogens is 365 g/mol. The molecule has 8 nitrogen and oxygen atoms in total. The molecule has 0 saturated heterocycles. The second kappa shape index (κ2) is 7.87. The molecule has 0 aliphatic heterocycles. The van der Waals surface area contributed by atoms with E-state index in [0.717, 1.165) is 5.56 Å². The molecule has 0 aliphatic rings. The molecule has 144 valence electrons. The first-order valence-electron chi connectivity index (χ1n) is 8.44. The van der Waals surface area contributed by atoms with Crippen LogP contribution in [0.25, 0.3) is 0 Å². The summed E-state index contributed by atoms with van der Waals surface area (Å²) < 4.78 is 14.5. The van der Waals surface area contributed by atoms with Gasteiger partial charge < -0.3 is 20.7 Å². The van der Waals surface area contributed by atoms with Gasteiger partial charge in [0.25, 0.3) is 5.91 Å². The van der Waals surface area contributed by atoms with Gasteiger partial charge in [-0.3, -0.25) is 9.36 Å². The fourth-order valence-corrected chi connectivity index (χ4v) is 2.67. The van der Waals surface area contributed by atoms with Crippen LogP contribution in [-0.4, -0.2) is 20.4 Å². The Kier molecular flexibility index (Phi) is 5.35. The van der Waals surface area contributed by atoms with Crippen LogP contribution in [0, 0.1) is 15.9 Å². The number of amides is 1. The summed E-state index contributed by atoms with van der Waals surface area (Å²) in [5.41, 5.74) is 1.80. The second-order valence-corrected chi connectivity index (χ2v) is 6.23. The average molecular weight is 383 g/mol. The highest BCUT2D eigenvalue weighted by Gasteiger charge is 2.21. The maximum absolute atomic E-state index is 12.9. The molecule has 0 spiro atoms. The number of nitro groups is 1. The van der Waals surface area contributed by atoms with Crippen LogP contribution in [0.3, 0.4) is 0 Å². The Morgan fingerprint density at radius 2 is 1.82 bits per heavy atom. The number of carbonyl (C=O) groups excluding carboxylic acids is 1. The smallest absolute Gasteiger partial charge is 0.358 e. The first kappa shape index (κ1) is 19.0. The lowest BCUT2D eigenvalue weighted by molar-refractivity contribution is -0.388. The maximum Gasteiger partial charge on any atom is 0.406 e. The third kappa shape index (κ3) is 4.14. The third-order valence-corrected chi connectivity index (χ3v) is 4.22. The molecule has 9 heteroatoms. The van der Waals surface area contributed by atoms with Crippen molar-refractivity contribution in [3.05, 3.63) is 81.9 Å². The van der Waals surface area contributed by atoms with Gasteiger partial charge in [0.15, 0.2) is 0 Å². The predicted molar refractivity (Wildman–Crippen MR) is 103 cm³/mol. The van der Waals surface area contributed by atoms with E-state index in [1.807, 2.05) is 6.92 Å². The summed E-state index contributed by atoms with van der Waals surface area (Å²) in [6.45, 7) is 1.86. The maximum atomic E-state index is 12.9. The Morgan fingerprint density at radius 3 is 2.43 bits per heavy atom. The zero-order valence-electron chi connectivity index (χ0n) is 15.2. The standard InChI is InChI=1S/C19H18FN5O3/c1-12(22-18-17(25(27)28)21-11-24(18)2)13-5-9-16(10-6-13)23-19(26)14-3-7-15(20)8-4-14/h3-12,22H,1-2H3,(H,23,26). The number of anilines is 2. The molecule has 0 fully saturated rings. The van der Waals surface area contributed by atoms with Crippen molar-refractivity contribution in [2.75, 3.05) is 10.6 Å². The van der Waals surface area contributed by atoms with Gasteiger partial charge in [0.1, 0.15) is 5.82 Å². The number of hydrogen-bond donors (Lipinski definition) is 2. The number of rotatable bonds is 6. The molecule has 1 amide bonds. The molecule has 0 saturated carbocycles. The van der Waals surface area contributed by atoms with E-state index in [1.54, 1.807) is 35.9 Å². The topological polar surface area (TPSA) is 102 Å². The van der Waals surface area contributed by atoms with Crippen LogP contribution in [0.2, 0.25) is 0 Å². The lowest BCUT2D eigenvalue weighted by Gasteiger charge is -2.16. The SMILES string of the molecule is CC(Nc1c([N+](=O)[O-])ncn1C)c1ccc(NC(=O)c2ccc(F)cc2)cc1. The number of nitrogens with zero attached hydrogens (tertiary/aromatic N) is 3. The molecule has 0 aliphatic carbocycles. The second-order valence-electron chi connectivity index (χ2n) is 6.23. The Hall–Kier alpha value is -3.75. The fourth-order valence-electron chi connectivity index (χ4n) is 2.67. The number of carbonyl (C=O) groups is 1. The van der Waals surface area contributed by atoms with Crippen molar-refractivity contribution in [1.29, 1.82) is 0 Å². The van der Waals surface area contributed by atoms with Crippen molar-refractivity contribution in [3.8, 4) is 0 Å². The summed E-state index contributed by atoms with van der Waals surface area (Å²) in [6, 6.07) is 12.1. The number of benzene rings is 2. The normalized spacial score (nSPS) is 11.7. The first-order chi connectivity index (χ1) is 13.3. The molecule has 0 radical (unpaired) electrons. The van der Waals surface area contributed by atoms with E-state index >= 15 is 0 Å². The van der Waals surface area contributed by atoms with E-state index in [2.05, 4.69) is 15.6 Å². The van der Waals surface area contributed by atoms with Crippen molar-refractivity contribution in [1.82, 2.24) is 9.55 Å². The molecule has 3 rings (SSSR count). The monoisotopic (exact) mass is 383 g/mol. The van der Waals surface area contributed by atoms with Crippen LogP contribution in [0.5, 0.6) is 0 Å². The molecule has 28 heavy (non-hydrogen) atoms. The highest BCUT2D eigenvalue weighted by Crippen LogP contribution is 2.27. The minimum atomic E-state index is -0.539. The Labute approximate surface area is 160 Å². The van der Waals surface area contributed by atoms with Gasteiger partial charge in [-0.15, -0.1) is 0 Å². The van der Waals surface area contributed by atoms with Crippen LogP contribution in [0.4, 0.5) is 21.7 Å². The number of aryl methyl sites for hydroxylation is 1. The summed E-state index contributed by atoms with van der Waals surface area (Å²) in [5.74, 6) is -0.677. The van der Waals surface area contributed by atoms with Gasteiger partial charge in [-0.25, -0.2) is 4.39 Å². The minimum absolute atomic E-state index is 0.226. The third-order valence-electron chi connectivity index (χ3n) is 4.22. The Balaban J connectivity index is 1.68. The van der Waals surface area contributed by atoms with Crippen LogP contribution in [-0.2, 0) is 7.05 Å². The number of aromatic nitrogens is 2. The minimum Gasteiger partial charge on any atom is -0.358 e. The van der Waals surface area contributed by atoms with Crippen LogP contribution in [0.1, 0.15) is 28.9 Å². The largest absolute Gasteiger partial charge is 0.406 e. The lowest BCUT2D eigenvalue weighted by Crippen LogP contribution is -2.13. The highest BCUT2D eigenvalue weighted by atomic mass is 19.1. The van der Waals surface area contributed by atoms with Crippen molar-refractivity contribution < 1.29 is 14.1 Å². The Bertz CT molecular complexity index is 999. The quantitative estimate of drug-likeness (QED) is 0.497. The van der Waals surface area contributed by atoms with Gasteiger partial charge in [-0.05, 0) is 58.8 Å². The first-order valence-corrected chi connectivity index (χ1v) is 8.44. The molecule has 1 unspecified atom stereocenters. The summed E-state index contributed by atoms with van der Waals surface area (Å²) in [6.07, 6.45) is 1.38. The number of nitrogens with one attached hydrogen (secondary N) is 2.